The number of amides is 3. The molecule has 130 valence electrons. The second-order valence-electron chi connectivity index (χ2n) is 6.14. The summed E-state index contributed by atoms with van der Waals surface area (Å²) in [5, 5.41) is 11.9. The maximum Gasteiger partial charge on any atom is 0.425 e. The predicted molar refractivity (Wildman–Crippen MR) is 77.8 cm³/mol. The number of carbonyl (C=O) groups excluding carboxylic acids is 2. The molecule has 0 unspecified atom stereocenters. The van der Waals surface area contributed by atoms with Crippen LogP contribution in [0.2, 0.25) is 0 Å². The van der Waals surface area contributed by atoms with E-state index in [0.717, 1.165) is 12.1 Å². The van der Waals surface area contributed by atoms with E-state index in [1.807, 2.05) is 5.32 Å². The first-order valence-corrected chi connectivity index (χ1v) is 7.75. The molecule has 2 N–H and O–H groups in total. The minimum Gasteiger partial charge on any atom is -0.391 e. The fraction of sp³-hybridized carbons (Fsp3) is 0.500. The quantitative estimate of drug-likeness (QED) is 0.811. The van der Waals surface area contributed by atoms with Crippen molar-refractivity contribution in [3.63, 3.8) is 0 Å². The van der Waals surface area contributed by atoms with E-state index < -0.39 is 35.8 Å². The largest absolute Gasteiger partial charge is 0.425 e. The summed E-state index contributed by atoms with van der Waals surface area (Å²) in [7, 11) is 0. The first-order valence-electron chi connectivity index (χ1n) is 7.75. The molecule has 2 aliphatic rings. The summed E-state index contributed by atoms with van der Waals surface area (Å²) >= 11 is 0. The van der Waals surface area contributed by atoms with E-state index in [1.54, 1.807) is 0 Å². The molecule has 1 saturated heterocycles. The molecule has 24 heavy (non-hydrogen) atoms. The highest BCUT2D eigenvalue weighted by Gasteiger charge is 2.69. The van der Waals surface area contributed by atoms with Gasteiger partial charge >= 0.3 is 12.2 Å². The average molecular weight is 342 g/mol. The lowest BCUT2D eigenvalue weighted by atomic mass is 9.87. The number of hydrogen-bond donors (Lipinski definition) is 2. The zero-order chi connectivity index (χ0) is 17.5. The third kappa shape index (κ3) is 2.36. The second-order valence-corrected chi connectivity index (χ2v) is 6.14. The van der Waals surface area contributed by atoms with Gasteiger partial charge in [-0.2, -0.15) is 13.2 Å². The smallest absolute Gasteiger partial charge is 0.391 e. The zero-order valence-electron chi connectivity index (χ0n) is 12.7. The van der Waals surface area contributed by atoms with Gasteiger partial charge in [-0.15, -0.1) is 0 Å². The molecular formula is C16H17F3N2O3. The molecule has 1 heterocycles. The molecule has 1 aliphatic heterocycles. The highest BCUT2D eigenvalue weighted by Crippen LogP contribution is 2.44. The molecule has 1 aromatic carbocycles. The van der Waals surface area contributed by atoms with Crippen LogP contribution < -0.4 is 5.32 Å². The second kappa shape index (κ2) is 5.77. The van der Waals surface area contributed by atoms with Gasteiger partial charge in [0.25, 0.3) is 5.91 Å². The van der Waals surface area contributed by atoms with E-state index >= 15 is 0 Å². The number of aliphatic hydroxyl groups is 1. The minimum atomic E-state index is -5.00. The number of alkyl halides is 3. The summed E-state index contributed by atoms with van der Waals surface area (Å²) < 4.78 is 41.5. The number of hydrogen-bond acceptors (Lipinski definition) is 3. The van der Waals surface area contributed by atoms with Crippen LogP contribution in [0.3, 0.4) is 0 Å². The normalized spacial score (nSPS) is 31.2. The van der Waals surface area contributed by atoms with E-state index in [2.05, 4.69) is 0 Å². The number of aliphatic hydroxyl groups excluding tert-OH is 1. The van der Waals surface area contributed by atoms with E-state index in [0.29, 0.717) is 30.6 Å². The van der Waals surface area contributed by atoms with E-state index in [9.17, 15) is 27.9 Å². The number of nitrogens with zero attached hydrogens (tertiary/aromatic N) is 1. The Bertz CT molecular complexity index is 650. The molecule has 1 aliphatic carbocycles. The van der Waals surface area contributed by atoms with Crippen LogP contribution in [-0.4, -0.2) is 40.3 Å². The molecule has 1 aromatic rings. The number of benzene rings is 1. The van der Waals surface area contributed by atoms with Crippen molar-refractivity contribution in [1.29, 1.82) is 0 Å². The maximum atomic E-state index is 13.8. The highest BCUT2D eigenvalue weighted by molar-refractivity contribution is 6.08. The monoisotopic (exact) mass is 342 g/mol. The molecule has 0 aromatic heterocycles. The third-order valence-corrected chi connectivity index (χ3v) is 4.71. The van der Waals surface area contributed by atoms with Gasteiger partial charge in [0.15, 0.2) is 0 Å². The van der Waals surface area contributed by atoms with Crippen molar-refractivity contribution < 1.29 is 27.9 Å². The molecule has 3 amide bonds. The number of carbonyl (C=O) groups is 2. The summed E-state index contributed by atoms with van der Waals surface area (Å²) in [5.41, 5.74) is -3.45. The van der Waals surface area contributed by atoms with Gasteiger partial charge in [-0.05, 0) is 18.4 Å². The fourth-order valence-corrected chi connectivity index (χ4v) is 3.48. The Balaban J connectivity index is 2.06. The topological polar surface area (TPSA) is 69.6 Å². The molecule has 5 nitrogen and oxygen atoms in total. The van der Waals surface area contributed by atoms with Crippen molar-refractivity contribution in [2.45, 2.75) is 49.5 Å². The Labute approximate surface area is 136 Å². The summed E-state index contributed by atoms with van der Waals surface area (Å²) in [6, 6.07) is 4.54. The Morgan fingerprint density at radius 3 is 2.33 bits per heavy atom. The molecule has 0 bridgehead atoms. The number of urea groups is 1. The summed E-state index contributed by atoms with van der Waals surface area (Å²) in [6.45, 7) is 0. The van der Waals surface area contributed by atoms with Crippen molar-refractivity contribution in [2.24, 2.45) is 0 Å². The summed E-state index contributed by atoms with van der Waals surface area (Å²) in [5.74, 6) is -1.38. The van der Waals surface area contributed by atoms with Gasteiger partial charge in [-0.3, -0.25) is 9.69 Å². The maximum absolute atomic E-state index is 13.8. The fourth-order valence-electron chi connectivity index (χ4n) is 3.48. The van der Waals surface area contributed by atoms with Gasteiger partial charge in [0.1, 0.15) is 0 Å². The molecule has 1 saturated carbocycles. The van der Waals surface area contributed by atoms with Gasteiger partial charge in [0.2, 0.25) is 5.54 Å². The molecular weight excluding hydrogens is 325 g/mol. The van der Waals surface area contributed by atoms with Gasteiger partial charge in [-0.1, -0.05) is 43.2 Å². The van der Waals surface area contributed by atoms with Crippen molar-refractivity contribution in [3.8, 4) is 0 Å². The first kappa shape index (κ1) is 16.8. The number of nitrogens with one attached hydrogen (secondary N) is 1. The molecule has 0 spiro atoms. The Kier molecular flexibility index (Phi) is 4.03. The van der Waals surface area contributed by atoms with Crippen LogP contribution in [0.4, 0.5) is 18.0 Å². The van der Waals surface area contributed by atoms with Gasteiger partial charge < -0.3 is 10.4 Å². The van der Waals surface area contributed by atoms with Crippen LogP contribution in [0, 0.1) is 0 Å². The Hall–Kier alpha value is -2.09. The highest BCUT2D eigenvalue weighted by atomic mass is 19.4. The van der Waals surface area contributed by atoms with Gasteiger partial charge in [-0.25, -0.2) is 4.79 Å². The standard InChI is InChI=1S/C16H17F3N2O3/c17-16(18,19)15(10-6-2-1-3-7-10)13(23)21(14(24)20-15)11-8-4-5-9-12(11)22/h1-3,6-7,11-12,22H,4-5,8-9H2,(H,20,24)/t11-,12-,15+/m1/s1. The lowest BCUT2D eigenvalue weighted by Gasteiger charge is -2.34. The van der Waals surface area contributed by atoms with Crippen LogP contribution in [0.5, 0.6) is 0 Å². The molecule has 2 fully saturated rings. The first-order chi connectivity index (χ1) is 11.3. The summed E-state index contributed by atoms with van der Waals surface area (Å²) in [4.78, 5) is 25.5. The van der Waals surface area contributed by atoms with Crippen LogP contribution in [-0.2, 0) is 10.3 Å². The number of rotatable bonds is 2. The molecule has 8 heteroatoms. The van der Waals surface area contributed by atoms with Crippen molar-refractivity contribution >= 4 is 11.9 Å². The van der Waals surface area contributed by atoms with Crippen LogP contribution in [0.15, 0.2) is 30.3 Å². The SMILES string of the molecule is O=C1N[C@](c2ccccc2)(C(F)(F)F)C(=O)N1[C@@H]1CCCC[C@H]1O. The van der Waals surface area contributed by atoms with Crippen LogP contribution in [0.1, 0.15) is 31.2 Å². The van der Waals surface area contributed by atoms with Gasteiger partial charge in [0.05, 0.1) is 12.1 Å². The van der Waals surface area contributed by atoms with Crippen molar-refractivity contribution in [3.05, 3.63) is 35.9 Å². The average Bonchev–Trinajstić information content (AvgIpc) is 2.81. The summed E-state index contributed by atoms with van der Waals surface area (Å²) in [6.07, 6.45) is -4.01. The Morgan fingerprint density at radius 2 is 1.75 bits per heavy atom. The number of halogens is 3. The third-order valence-electron chi connectivity index (χ3n) is 4.71. The van der Waals surface area contributed by atoms with E-state index in [-0.39, 0.29) is 5.56 Å². The lowest BCUT2D eigenvalue weighted by Crippen LogP contribution is -2.56. The van der Waals surface area contributed by atoms with Crippen LogP contribution >= 0.6 is 0 Å². The zero-order valence-corrected chi connectivity index (χ0v) is 12.7. The minimum absolute atomic E-state index is 0.295. The lowest BCUT2D eigenvalue weighted by molar-refractivity contribution is -0.199. The van der Waals surface area contributed by atoms with Crippen molar-refractivity contribution in [2.75, 3.05) is 0 Å². The van der Waals surface area contributed by atoms with Crippen LogP contribution in [0.25, 0.3) is 0 Å². The van der Waals surface area contributed by atoms with Gasteiger partial charge in [0, 0.05) is 0 Å². The van der Waals surface area contributed by atoms with E-state index in [1.165, 1.54) is 18.2 Å². The molecule has 3 atom stereocenters. The molecule has 0 radical (unpaired) electrons. The number of imide groups is 1. The van der Waals surface area contributed by atoms with Crippen molar-refractivity contribution in [1.82, 2.24) is 10.2 Å². The predicted octanol–water partition coefficient (Wildman–Crippen LogP) is 2.30. The Morgan fingerprint density at radius 1 is 1.12 bits per heavy atom. The molecule has 3 rings (SSSR count). The van der Waals surface area contributed by atoms with E-state index in [4.69, 9.17) is 0 Å².